The molecule has 11 heteroatoms. The van der Waals surface area contributed by atoms with Crippen molar-refractivity contribution < 1.29 is 23.9 Å². The summed E-state index contributed by atoms with van der Waals surface area (Å²) in [6, 6.07) is 29.7. The highest BCUT2D eigenvalue weighted by molar-refractivity contribution is 5.92. The summed E-state index contributed by atoms with van der Waals surface area (Å²) in [5.41, 5.74) is 2.78. The van der Waals surface area contributed by atoms with Crippen LogP contribution in [0.5, 0.6) is 5.75 Å². The van der Waals surface area contributed by atoms with Crippen LogP contribution in [-0.2, 0) is 29.1 Å². The number of hydrogen-bond donors (Lipinski definition) is 2. The highest BCUT2D eigenvalue weighted by atomic mass is 16.5. The molecule has 0 saturated carbocycles. The van der Waals surface area contributed by atoms with Crippen LogP contribution in [0.1, 0.15) is 30.0 Å². The summed E-state index contributed by atoms with van der Waals surface area (Å²) in [4.78, 5) is 57.0. The molecule has 6 rings (SSSR count). The fraction of sp³-hybridized carbons (Fsp3) is 0.297. The Labute approximate surface area is 280 Å². The van der Waals surface area contributed by atoms with Gasteiger partial charge in [0.1, 0.15) is 18.0 Å². The number of carbonyl (C=O) groups is 4. The minimum absolute atomic E-state index is 0.0196. The van der Waals surface area contributed by atoms with E-state index in [4.69, 9.17) is 4.74 Å². The van der Waals surface area contributed by atoms with E-state index in [0.29, 0.717) is 31.8 Å². The molecule has 4 aromatic rings. The third kappa shape index (κ3) is 6.96. The molecule has 2 aliphatic rings. The van der Waals surface area contributed by atoms with Crippen LogP contribution in [0, 0.1) is 0 Å². The number of hydrogen-bond acceptors (Lipinski definition) is 6. The summed E-state index contributed by atoms with van der Waals surface area (Å²) in [5, 5.41) is 11.0. The summed E-state index contributed by atoms with van der Waals surface area (Å²) in [5.74, 6) is -0.000915. The van der Waals surface area contributed by atoms with E-state index in [1.807, 2.05) is 83.6 Å². The predicted octanol–water partition coefficient (Wildman–Crippen LogP) is 4.52. The van der Waals surface area contributed by atoms with E-state index in [2.05, 4.69) is 16.7 Å². The maximum atomic E-state index is 14.3. The van der Waals surface area contributed by atoms with Crippen LogP contribution in [0.25, 0.3) is 10.8 Å². The van der Waals surface area contributed by atoms with Gasteiger partial charge in [0.2, 0.25) is 11.8 Å². The standard InChI is InChI=1S/C37H40N6O5/c1-3-20-41(36(46)39-22-27-10-5-4-6-11-27)42-25-34(44)43-32(21-26-16-18-30(19-17-26)48-37(47)38-2)35(45)40(24-33(42)43)23-29-14-9-13-28-12-7-8-15-31(28)29/h4-19,32-33H,3,20-25H2,1-2H3,(H,38,47)(H,39,46)/t32-,33+/m0/s1. The molecule has 2 atom stereocenters. The van der Waals surface area contributed by atoms with Crippen molar-refractivity contribution in [1.82, 2.24) is 30.5 Å². The van der Waals surface area contributed by atoms with Crippen molar-refractivity contribution in [2.75, 3.05) is 26.7 Å². The van der Waals surface area contributed by atoms with Crippen LogP contribution in [-0.4, -0.2) is 82.6 Å². The zero-order valence-corrected chi connectivity index (χ0v) is 27.2. The second-order valence-corrected chi connectivity index (χ2v) is 12.0. The highest BCUT2D eigenvalue weighted by Gasteiger charge is 2.52. The zero-order valence-electron chi connectivity index (χ0n) is 27.2. The van der Waals surface area contributed by atoms with Crippen molar-refractivity contribution in [1.29, 1.82) is 0 Å². The Bertz CT molecular complexity index is 1780. The van der Waals surface area contributed by atoms with E-state index in [9.17, 15) is 19.2 Å². The molecule has 2 aliphatic heterocycles. The predicted molar refractivity (Wildman–Crippen MR) is 181 cm³/mol. The van der Waals surface area contributed by atoms with Crippen molar-refractivity contribution in [2.24, 2.45) is 0 Å². The number of urea groups is 1. The van der Waals surface area contributed by atoms with Crippen LogP contribution in [0.4, 0.5) is 9.59 Å². The molecule has 0 radical (unpaired) electrons. The molecule has 11 nitrogen and oxygen atoms in total. The van der Waals surface area contributed by atoms with Crippen molar-refractivity contribution in [3.05, 3.63) is 114 Å². The molecule has 2 fully saturated rings. The second kappa shape index (κ2) is 14.6. The topological polar surface area (TPSA) is 115 Å². The second-order valence-electron chi connectivity index (χ2n) is 12.0. The Morgan fingerprint density at radius 3 is 2.38 bits per heavy atom. The monoisotopic (exact) mass is 648 g/mol. The molecule has 248 valence electrons. The molecular weight excluding hydrogens is 608 g/mol. The molecule has 0 aromatic heterocycles. The average molecular weight is 649 g/mol. The number of fused-ring (bicyclic) bond motifs is 2. The molecule has 2 saturated heterocycles. The Morgan fingerprint density at radius 1 is 0.896 bits per heavy atom. The first-order valence-electron chi connectivity index (χ1n) is 16.3. The molecule has 48 heavy (non-hydrogen) atoms. The number of piperazine rings is 1. The van der Waals surface area contributed by atoms with E-state index < -0.39 is 18.3 Å². The van der Waals surface area contributed by atoms with Crippen LogP contribution in [0.3, 0.4) is 0 Å². The van der Waals surface area contributed by atoms with Gasteiger partial charge in [-0.2, -0.15) is 5.01 Å². The minimum Gasteiger partial charge on any atom is -0.410 e. The van der Waals surface area contributed by atoms with Gasteiger partial charge < -0.3 is 25.2 Å². The molecule has 5 amide bonds. The third-order valence-electron chi connectivity index (χ3n) is 8.84. The number of benzene rings is 4. The third-order valence-corrected chi connectivity index (χ3v) is 8.84. The molecule has 4 aromatic carbocycles. The maximum Gasteiger partial charge on any atom is 0.412 e. The zero-order chi connectivity index (χ0) is 33.6. The van der Waals surface area contributed by atoms with Gasteiger partial charge in [-0.05, 0) is 46.0 Å². The van der Waals surface area contributed by atoms with E-state index in [-0.39, 0.29) is 37.4 Å². The van der Waals surface area contributed by atoms with Crippen molar-refractivity contribution >= 4 is 34.7 Å². The molecule has 0 unspecified atom stereocenters. The average Bonchev–Trinajstić information content (AvgIpc) is 3.43. The first-order valence-corrected chi connectivity index (χ1v) is 16.3. The fourth-order valence-electron chi connectivity index (χ4n) is 6.52. The van der Waals surface area contributed by atoms with E-state index in [1.54, 1.807) is 34.2 Å². The fourth-order valence-corrected chi connectivity index (χ4v) is 6.52. The maximum absolute atomic E-state index is 14.3. The lowest BCUT2D eigenvalue weighted by atomic mass is 9.99. The molecular formula is C37H40N6O5. The lowest BCUT2D eigenvalue weighted by molar-refractivity contribution is -0.157. The molecule has 0 bridgehead atoms. The van der Waals surface area contributed by atoms with Gasteiger partial charge in [-0.1, -0.05) is 91.9 Å². The summed E-state index contributed by atoms with van der Waals surface area (Å²) in [6.45, 7) is 3.33. The van der Waals surface area contributed by atoms with Crippen molar-refractivity contribution in [3.8, 4) is 5.75 Å². The van der Waals surface area contributed by atoms with Crippen LogP contribution < -0.4 is 15.4 Å². The Morgan fingerprint density at radius 2 is 1.62 bits per heavy atom. The largest absolute Gasteiger partial charge is 0.412 e. The number of rotatable bonds is 10. The number of carbonyl (C=O) groups excluding carboxylic acids is 4. The van der Waals surface area contributed by atoms with Gasteiger partial charge in [-0.3, -0.25) is 14.6 Å². The summed E-state index contributed by atoms with van der Waals surface area (Å²) < 4.78 is 5.23. The van der Waals surface area contributed by atoms with Crippen molar-refractivity contribution in [3.63, 3.8) is 0 Å². The van der Waals surface area contributed by atoms with Crippen LogP contribution in [0.15, 0.2) is 97.1 Å². The Kier molecular flexibility index (Phi) is 9.86. The smallest absolute Gasteiger partial charge is 0.410 e. The molecule has 2 N–H and O–H groups in total. The normalized spacial score (nSPS) is 17.7. The quantitative estimate of drug-likeness (QED) is 0.262. The van der Waals surface area contributed by atoms with Crippen molar-refractivity contribution in [2.45, 2.75) is 45.1 Å². The summed E-state index contributed by atoms with van der Waals surface area (Å²) in [6.07, 6.45) is -0.179. The van der Waals surface area contributed by atoms with Gasteiger partial charge >= 0.3 is 12.1 Å². The highest BCUT2D eigenvalue weighted by Crippen LogP contribution is 2.31. The first kappa shape index (κ1) is 32.5. The van der Waals surface area contributed by atoms with Crippen LogP contribution in [0.2, 0.25) is 0 Å². The Hall–Kier alpha value is -5.42. The van der Waals surface area contributed by atoms with Gasteiger partial charge in [0.15, 0.2) is 0 Å². The SMILES string of the molecule is CCCN(C(=O)NCc1ccccc1)N1CC(=O)N2[C@@H](Cc3ccc(OC(=O)NC)cc3)C(=O)N(Cc3cccc4ccccc34)C[C@@H]21. The summed E-state index contributed by atoms with van der Waals surface area (Å²) in [7, 11) is 1.48. The van der Waals surface area contributed by atoms with Gasteiger partial charge in [-0.25, -0.2) is 9.59 Å². The van der Waals surface area contributed by atoms with Gasteiger partial charge in [-0.15, -0.1) is 0 Å². The number of amides is 5. The number of nitrogens with one attached hydrogen (secondary N) is 2. The lowest BCUT2D eigenvalue weighted by Gasteiger charge is -2.46. The lowest BCUT2D eigenvalue weighted by Crippen LogP contribution is -2.66. The van der Waals surface area contributed by atoms with Gasteiger partial charge in [0.05, 0.1) is 13.1 Å². The van der Waals surface area contributed by atoms with Crippen LogP contribution >= 0.6 is 0 Å². The van der Waals surface area contributed by atoms with E-state index in [1.165, 1.54) is 7.05 Å². The number of hydrazine groups is 1. The number of nitrogens with zero attached hydrogens (tertiary/aromatic N) is 4. The molecule has 2 heterocycles. The van der Waals surface area contributed by atoms with E-state index in [0.717, 1.165) is 27.5 Å². The molecule has 0 spiro atoms. The van der Waals surface area contributed by atoms with E-state index >= 15 is 0 Å². The minimum atomic E-state index is -0.794. The van der Waals surface area contributed by atoms with Gasteiger partial charge in [0, 0.05) is 33.1 Å². The first-order chi connectivity index (χ1) is 23.4. The molecule has 0 aliphatic carbocycles. The summed E-state index contributed by atoms with van der Waals surface area (Å²) >= 11 is 0. The van der Waals surface area contributed by atoms with Gasteiger partial charge in [0.25, 0.3) is 0 Å². The number of ether oxygens (including phenoxy) is 1. The Balaban J connectivity index is 1.30.